The van der Waals surface area contributed by atoms with Crippen LogP contribution in [-0.2, 0) is 20.1 Å². The van der Waals surface area contributed by atoms with Crippen LogP contribution in [0.2, 0.25) is 0 Å². The molecule has 0 saturated heterocycles. The van der Waals surface area contributed by atoms with Crippen LogP contribution in [0.3, 0.4) is 0 Å². The standard InChI is InChI=1S/C20H24F2N4O5/c1-4-9-25-15-16(24(3)19(29)26(17(15)28)10-6-11-27)23-18(25)30-13-7-5-8-14(12-13)31-20(2,21)22/h5,7-8,12,27H,4,6,9-11H2,1-3H3. The fourth-order valence-corrected chi connectivity index (χ4v) is 3.20. The van der Waals surface area contributed by atoms with E-state index >= 15 is 0 Å². The summed E-state index contributed by atoms with van der Waals surface area (Å²) < 4.78 is 40.5. The molecule has 0 bridgehead atoms. The molecule has 2 heterocycles. The van der Waals surface area contributed by atoms with Crippen molar-refractivity contribution < 1.29 is 23.4 Å². The van der Waals surface area contributed by atoms with Gasteiger partial charge in [-0.25, -0.2) is 4.79 Å². The van der Waals surface area contributed by atoms with Crippen LogP contribution in [0.15, 0.2) is 33.9 Å². The molecule has 1 N–H and O–H groups in total. The van der Waals surface area contributed by atoms with Crippen LogP contribution in [0.25, 0.3) is 11.2 Å². The summed E-state index contributed by atoms with van der Waals surface area (Å²) in [6.45, 7) is 2.81. The van der Waals surface area contributed by atoms with Crippen molar-refractivity contribution in [1.82, 2.24) is 18.7 Å². The van der Waals surface area contributed by atoms with Crippen molar-refractivity contribution in [2.75, 3.05) is 6.61 Å². The largest absolute Gasteiger partial charge is 0.433 e. The van der Waals surface area contributed by atoms with Crippen molar-refractivity contribution in [2.24, 2.45) is 7.05 Å². The number of aromatic nitrogens is 4. The highest BCUT2D eigenvalue weighted by Gasteiger charge is 2.24. The van der Waals surface area contributed by atoms with Gasteiger partial charge in [0.05, 0.1) is 0 Å². The Bertz CT molecular complexity index is 1190. The summed E-state index contributed by atoms with van der Waals surface area (Å²) in [6, 6.07) is 5.72. The highest BCUT2D eigenvalue weighted by atomic mass is 19.3. The predicted molar refractivity (Wildman–Crippen MR) is 109 cm³/mol. The van der Waals surface area contributed by atoms with E-state index in [4.69, 9.17) is 9.84 Å². The number of imidazole rings is 1. The van der Waals surface area contributed by atoms with Crippen LogP contribution in [0, 0.1) is 0 Å². The predicted octanol–water partition coefficient (Wildman–Crippen LogP) is 2.47. The number of halogens is 2. The molecular formula is C20H24F2N4O5. The van der Waals surface area contributed by atoms with Gasteiger partial charge in [0.1, 0.15) is 11.5 Å². The number of nitrogens with zero attached hydrogens (tertiary/aromatic N) is 4. The molecule has 31 heavy (non-hydrogen) atoms. The van der Waals surface area contributed by atoms with E-state index in [0.717, 1.165) is 4.57 Å². The fourth-order valence-electron chi connectivity index (χ4n) is 3.20. The van der Waals surface area contributed by atoms with Gasteiger partial charge in [0.2, 0.25) is 0 Å². The molecular weight excluding hydrogens is 414 g/mol. The molecule has 0 spiro atoms. The Hall–Kier alpha value is -3.21. The summed E-state index contributed by atoms with van der Waals surface area (Å²) in [5.74, 6) is 0.0851. The van der Waals surface area contributed by atoms with Gasteiger partial charge >= 0.3 is 17.8 Å². The van der Waals surface area contributed by atoms with E-state index in [-0.39, 0.29) is 48.2 Å². The first-order valence-corrected chi connectivity index (χ1v) is 9.82. The van der Waals surface area contributed by atoms with Gasteiger partial charge in [-0.1, -0.05) is 13.0 Å². The number of alkyl halides is 2. The molecule has 0 aliphatic carbocycles. The first-order valence-electron chi connectivity index (χ1n) is 9.82. The molecule has 0 amide bonds. The van der Waals surface area contributed by atoms with Gasteiger partial charge in [-0.2, -0.15) is 13.8 Å². The van der Waals surface area contributed by atoms with Gasteiger partial charge in [0.25, 0.3) is 5.56 Å². The van der Waals surface area contributed by atoms with Crippen molar-refractivity contribution >= 4 is 11.2 Å². The Morgan fingerprint density at radius 1 is 1.16 bits per heavy atom. The van der Waals surface area contributed by atoms with Crippen LogP contribution < -0.4 is 20.7 Å². The molecule has 0 radical (unpaired) electrons. The smallest absolute Gasteiger partial charge is 0.394 e. The third kappa shape index (κ3) is 4.76. The lowest BCUT2D eigenvalue weighted by Crippen LogP contribution is -2.39. The van der Waals surface area contributed by atoms with Crippen LogP contribution in [-0.4, -0.2) is 36.5 Å². The zero-order chi connectivity index (χ0) is 22.8. The minimum Gasteiger partial charge on any atom is -0.433 e. The van der Waals surface area contributed by atoms with Gasteiger partial charge in [0.15, 0.2) is 11.2 Å². The number of hydrogen-bond acceptors (Lipinski definition) is 6. The zero-order valence-corrected chi connectivity index (χ0v) is 17.5. The maximum atomic E-state index is 13.2. The Balaban J connectivity index is 2.11. The number of rotatable bonds is 9. The Kier molecular flexibility index (Phi) is 6.44. The molecule has 1 aromatic carbocycles. The maximum absolute atomic E-state index is 13.2. The summed E-state index contributed by atoms with van der Waals surface area (Å²) >= 11 is 0. The topological polar surface area (TPSA) is 101 Å². The minimum atomic E-state index is -3.36. The second kappa shape index (κ2) is 8.88. The molecule has 0 fully saturated rings. The van der Waals surface area contributed by atoms with Crippen LogP contribution >= 0.6 is 0 Å². The van der Waals surface area contributed by atoms with E-state index in [1.807, 2.05) is 6.92 Å². The SMILES string of the molecule is CCCn1c(Oc2cccc(OC(C)(F)F)c2)nc2c1c(=O)n(CCCO)c(=O)n2C. The van der Waals surface area contributed by atoms with Crippen LogP contribution in [0.1, 0.15) is 26.7 Å². The van der Waals surface area contributed by atoms with Crippen molar-refractivity contribution in [3.8, 4) is 17.5 Å². The number of aliphatic hydroxyl groups is 1. The molecule has 0 saturated carbocycles. The van der Waals surface area contributed by atoms with E-state index in [0.29, 0.717) is 19.9 Å². The molecule has 0 atom stereocenters. The summed E-state index contributed by atoms with van der Waals surface area (Å²) in [5, 5.41) is 9.07. The first kappa shape index (κ1) is 22.5. The number of ether oxygens (including phenoxy) is 2. The van der Waals surface area contributed by atoms with E-state index in [1.54, 1.807) is 4.57 Å². The van der Waals surface area contributed by atoms with E-state index in [2.05, 4.69) is 9.72 Å². The Morgan fingerprint density at radius 2 is 1.87 bits per heavy atom. The van der Waals surface area contributed by atoms with Gasteiger partial charge in [-0.05, 0) is 25.0 Å². The van der Waals surface area contributed by atoms with Crippen LogP contribution in [0.5, 0.6) is 17.5 Å². The summed E-state index contributed by atoms with van der Waals surface area (Å²) in [5.41, 5.74) is -0.764. The number of aryl methyl sites for hydroxylation is 2. The number of hydrogen-bond donors (Lipinski definition) is 1. The average Bonchev–Trinajstić information content (AvgIpc) is 3.04. The summed E-state index contributed by atoms with van der Waals surface area (Å²) in [6.07, 6.45) is -2.46. The molecule has 3 aromatic rings. The summed E-state index contributed by atoms with van der Waals surface area (Å²) in [7, 11) is 1.49. The quantitative estimate of drug-likeness (QED) is 0.551. The zero-order valence-electron chi connectivity index (χ0n) is 17.5. The van der Waals surface area contributed by atoms with Crippen molar-refractivity contribution in [2.45, 2.75) is 45.9 Å². The molecule has 168 valence electrons. The first-order chi connectivity index (χ1) is 14.7. The third-order valence-corrected chi connectivity index (χ3v) is 4.50. The number of benzene rings is 1. The number of fused-ring (bicyclic) bond motifs is 1. The highest BCUT2D eigenvalue weighted by Crippen LogP contribution is 2.29. The second-order valence-corrected chi connectivity index (χ2v) is 7.08. The normalized spacial score (nSPS) is 11.8. The highest BCUT2D eigenvalue weighted by molar-refractivity contribution is 5.72. The van der Waals surface area contributed by atoms with Gasteiger partial charge < -0.3 is 14.6 Å². The molecule has 0 aliphatic rings. The molecule has 9 nitrogen and oxygen atoms in total. The third-order valence-electron chi connectivity index (χ3n) is 4.50. The minimum absolute atomic E-state index is 0.0456. The van der Waals surface area contributed by atoms with Crippen molar-refractivity contribution in [3.63, 3.8) is 0 Å². The monoisotopic (exact) mass is 438 g/mol. The van der Waals surface area contributed by atoms with Crippen molar-refractivity contribution in [3.05, 3.63) is 45.1 Å². The van der Waals surface area contributed by atoms with Crippen LogP contribution in [0.4, 0.5) is 8.78 Å². The van der Waals surface area contributed by atoms with Crippen molar-refractivity contribution in [1.29, 1.82) is 0 Å². The van der Waals surface area contributed by atoms with E-state index < -0.39 is 17.4 Å². The molecule has 3 rings (SSSR count). The lowest BCUT2D eigenvalue weighted by atomic mass is 10.3. The lowest BCUT2D eigenvalue weighted by Gasteiger charge is -2.14. The Morgan fingerprint density at radius 3 is 2.52 bits per heavy atom. The molecule has 0 unspecified atom stereocenters. The molecule has 11 heteroatoms. The van der Waals surface area contributed by atoms with E-state index in [9.17, 15) is 18.4 Å². The molecule has 0 aliphatic heterocycles. The molecule has 2 aromatic heterocycles. The van der Waals surface area contributed by atoms with Gasteiger partial charge in [0, 0.05) is 39.7 Å². The average molecular weight is 438 g/mol. The summed E-state index contributed by atoms with van der Waals surface area (Å²) in [4.78, 5) is 29.9. The second-order valence-electron chi connectivity index (χ2n) is 7.08. The lowest BCUT2D eigenvalue weighted by molar-refractivity contribution is -0.158. The van der Waals surface area contributed by atoms with E-state index in [1.165, 1.54) is 35.9 Å². The number of aliphatic hydroxyl groups excluding tert-OH is 1. The Labute approximate surface area is 176 Å². The van der Waals surface area contributed by atoms with Gasteiger partial charge in [-0.15, -0.1) is 0 Å². The van der Waals surface area contributed by atoms with Gasteiger partial charge in [-0.3, -0.25) is 18.5 Å². The maximum Gasteiger partial charge on any atom is 0.394 e. The fraction of sp³-hybridized carbons (Fsp3) is 0.450.